The summed E-state index contributed by atoms with van der Waals surface area (Å²) < 4.78 is 19.1. The Morgan fingerprint density at radius 1 is 1.00 bits per heavy atom. The molecule has 0 saturated carbocycles. The summed E-state index contributed by atoms with van der Waals surface area (Å²) in [5.41, 5.74) is -0.0412. The molecule has 0 aliphatic carbocycles. The molecule has 16 heavy (non-hydrogen) atoms. The molecule has 0 spiro atoms. The van der Waals surface area contributed by atoms with E-state index in [-0.39, 0.29) is 22.8 Å². The van der Waals surface area contributed by atoms with Gasteiger partial charge in [-0.1, -0.05) is 0 Å². The van der Waals surface area contributed by atoms with Gasteiger partial charge in [-0.15, -0.1) is 0 Å². The van der Waals surface area contributed by atoms with Gasteiger partial charge in [0.2, 0.25) is 0 Å². The first kappa shape index (κ1) is 12.1. The number of aryl methyl sites for hydroxylation is 1. The Morgan fingerprint density at radius 3 is 1.94 bits per heavy atom. The van der Waals surface area contributed by atoms with Crippen LogP contribution in [-0.2, 0) is 9.47 Å². The van der Waals surface area contributed by atoms with Crippen molar-refractivity contribution < 1.29 is 28.2 Å². The second kappa shape index (κ2) is 4.69. The molecule has 1 aromatic rings. The van der Waals surface area contributed by atoms with Gasteiger partial charge >= 0.3 is 11.9 Å². The van der Waals surface area contributed by atoms with Crippen LogP contribution in [-0.4, -0.2) is 33.3 Å². The lowest BCUT2D eigenvalue weighted by Gasteiger charge is -2.01. The van der Waals surface area contributed by atoms with E-state index in [1.54, 1.807) is 0 Å². The highest BCUT2D eigenvalue weighted by atomic mass is 16.6. The molecule has 88 valence electrons. The van der Waals surface area contributed by atoms with Gasteiger partial charge in [0.05, 0.1) is 21.3 Å². The van der Waals surface area contributed by atoms with Crippen molar-refractivity contribution in [3.05, 3.63) is 16.9 Å². The first-order chi connectivity index (χ1) is 7.56. The molecule has 0 N–H and O–H groups in total. The SMILES string of the molecule is COC(=O)c1c(C)oc(OC)c1C(=O)OC. The molecular formula is C10H12O6. The average Bonchev–Trinajstić information content (AvgIpc) is 2.64. The minimum atomic E-state index is -0.714. The van der Waals surface area contributed by atoms with Crippen LogP contribution in [0, 0.1) is 6.92 Å². The summed E-state index contributed by atoms with van der Waals surface area (Å²) in [7, 11) is 3.74. The van der Waals surface area contributed by atoms with Gasteiger partial charge in [-0.05, 0) is 6.92 Å². The van der Waals surface area contributed by atoms with E-state index < -0.39 is 11.9 Å². The summed E-state index contributed by atoms with van der Waals surface area (Å²) in [5.74, 6) is -1.21. The van der Waals surface area contributed by atoms with E-state index >= 15 is 0 Å². The van der Waals surface area contributed by atoms with Crippen LogP contribution in [0.2, 0.25) is 0 Å². The number of carbonyl (C=O) groups is 2. The molecule has 0 radical (unpaired) electrons. The zero-order valence-electron chi connectivity index (χ0n) is 9.45. The maximum atomic E-state index is 11.5. The smallest absolute Gasteiger partial charge is 0.346 e. The van der Waals surface area contributed by atoms with Crippen LogP contribution in [0.4, 0.5) is 0 Å². The first-order valence-corrected chi connectivity index (χ1v) is 4.40. The van der Waals surface area contributed by atoms with Crippen LogP contribution < -0.4 is 4.74 Å². The molecule has 0 bridgehead atoms. The third kappa shape index (κ3) is 1.86. The van der Waals surface area contributed by atoms with E-state index in [4.69, 9.17) is 9.15 Å². The summed E-state index contributed by atoms with van der Waals surface area (Å²) in [4.78, 5) is 22.9. The van der Waals surface area contributed by atoms with Gasteiger partial charge in [-0.3, -0.25) is 0 Å². The number of furan rings is 1. The van der Waals surface area contributed by atoms with E-state index in [1.807, 2.05) is 0 Å². The van der Waals surface area contributed by atoms with Crippen LogP contribution in [0.1, 0.15) is 26.5 Å². The quantitative estimate of drug-likeness (QED) is 0.723. The van der Waals surface area contributed by atoms with Crippen LogP contribution in [0.15, 0.2) is 4.42 Å². The Hall–Kier alpha value is -1.98. The Bertz CT molecular complexity index is 417. The van der Waals surface area contributed by atoms with Gasteiger partial charge in [0.15, 0.2) is 5.56 Å². The number of hydrogen-bond donors (Lipinski definition) is 0. The van der Waals surface area contributed by atoms with Crippen LogP contribution in [0.5, 0.6) is 5.95 Å². The highest BCUT2D eigenvalue weighted by Gasteiger charge is 2.30. The summed E-state index contributed by atoms with van der Waals surface area (Å²) in [6, 6.07) is 0. The largest absolute Gasteiger partial charge is 0.468 e. The van der Waals surface area contributed by atoms with Crippen LogP contribution >= 0.6 is 0 Å². The predicted octanol–water partition coefficient (Wildman–Crippen LogP) is 1.17. The Balaban J connectivity index is 3.40. The van der Waals surface area contributed by atoms with Crippen molar-refractivity contribution in [1.82, 2.24) is 0 Å². The molecule has 0 fully saturated rings. The fraction of sp³-hybridized carbons (Fsp3) is 0.400. The maximum absolute atomic E-state index is 11.5. The van der Waals surface area contributed by atoms with Crippen molar-refractivity contribution >= 4 is 11.9 Å². The van der Waals surface area contributed by atoms with Crippen molar-refractivity contribution in [3.8, 4) is 5.95 Å². The topological polar surface area (TPSA) is 75.0 Å². The highest BCUT2D eigenvalue weighted by molar-refractivity contribution is 6.05. The van der Waals surface area contributed by atoms with Crippen molar-refractivity contribution in [2.24, 2.45) is 0 Å². The normalized spacial score (nSPS) is 9.75. The van der Waals surface area contributed by atoms with Crippen molar-refractivity contribution in [2.75, 3.05) is 21.3 Å². The van der Waals surface area contributed by atoms with E-state index in [0.717, 1.165) is 0 Å². The molecule has 1 rings (SSSR count). The van der Waals surface area contributed by atoms with E-state index in [9.17, 15) is 9.59 Å². The molecular weight excluding hydrogens is 216 g/mol. The third-order valence-electron chi connectivity index (χ3n) is 2.02. The third-order valence-corrected chi connectivity index (χ3v) is 2.02. The molecule has 0 aliphatic heterocycles. The molecule has 0 aliphatic rings. The van der Waals surface area contributed by atoms with E-state index in [0.29, 0.717) is 0 Å². The van der Waals surface area contributed by atoms with Crippen molar-refractivity contribution in [2.45, 2.75) is 6.92 Å². The zero-order chi connectivity index (χ0) is 12.3. The molecule has 0 unspecified atom stereocenters. The van der Waals surface area contributed by atoms with Crippen molar-refractivity contribution in [1.29, 1.82) is 0 Å². The monoisotopic (exact) mass is 228 g/mol. The Kier molecular flexibility index (Phi) is 3.55. The maximum Gasteiger partial charge on any atom is 0.346 e. The Morgan fingerprint density at radius 2 is 1.50 bits per heavy atom. The summed E-state index contributed by atoms with van der Waals surface area (Å²) >= 11 is 0. The second-order valence-electron chi connectivity index (χ2n) is 2.88. The van der Waals surface area contributed by atoms with Gasteiger partial charge in [0, 0.05) is 0 Å². The fourth-order valence-electron chi connectivity index (χ4n) is 1.30. The second-order valence-corrected chi connectivity index (χ2v) is 2.88. The van der Waals surface area contributed by atoms with E-state index in [2.05, 4.69) is 9.47 Å². The molecule has 6 heteroatoms. The minimum absolute atomic E-state index is 0.0196. The molecule has 0 amide bonds. The molecule has 0 saturated heterocycles. The number of methoxy groups -OCH3 is 3. The number of hydrogen-bond acceptors (Lipinski definition) is 6. The molecule has 1 heterocycles. The van der Waals surface area contributed by atoms with Gasteiger partial charge in [-0.25, -0.2) is 9.59 Å². The lowest BCUT2D eigenvalue weighted by atomic mass is 10.1. The predicted molar refractivity (Wildman–Crippen MR) is 52.7 cm³/mol. The summed E-state index contributed by atoms with van der Waals surface area (Å²) in [6.45, 7) is 1.53. The fourth-order valence-corrected chi connectivity index (χ4v) is 1.30. The molecule has 0 aromatic carbocycles. The number of carbonyl (C=O) groups excluding carboxylic acids is 2. The summed E-state index contributed by atoms with van der Waals surface area (Å²) in [6.07, 6.45) is 0. The van der Waals surface area contributed by atoms with Crippen LogP contribution in [0.25, 0.3) is 0 Å². The lowest BCUT2D eigenvalue weighted by molar-refractivity contribution is 0.0553. The number of esters is 2. The van der Waals surface area contributed by atoms with Gasteiger partial charge in [0.25, 0.3) is 5.95 Å². The molecule has 0 atom stereocenters. The highest BCUT2D eigenvalue weighted by Crippen LogP contribution is 2.29. The first-order valence-electron chi connectivity index (χ1n) is 4.40. The minimum Gasteiger partial charge on any atom is -0.468 e. The summed E-state index contributed by atoms with van der Waals surface area (Å²) in [5, 5.41) is 0. The molecule has 1 aromatic heterocycles. The van der Waals surface area contributed by atoms with Crippen LogP contribution in [0.3, 0.4) is 0 Å². The lowest BCUT2D eigenvalue weighted by Crippen LogP contribution is -2.11. The van der Waals surface area contributed by atoms with Crippen molar-refractivity contribution in [3.63, 3.8) is 0 Å². The molecule has 6 nitrogen and oxygen atoms in total. The standard InChI is InChI=1S/C10H12O6/c1-5-6(8(11)13-2)7(9(12)14-3)10(15-4)16-5/h1-4H3. The number of rotatable bonds is 3. The van der Waals surface area contributed by atoms with Gasteiger partial charge < -0.3 is 18.6 Å². The van der Waals surface area contributed by atoms with Gasteiger partial charge in [0.1, 0.15) is 11.3 Å². The van der Waals surface area contributed by atoms with Gasteiger partial charge in [-0.2, -0.15) is 0 Å². The van der Waals surface area contributed by atoms with E-state index in [1.165, 1.54) is 28.3 Å². The zero-order valence-corrected chi connectivity index (χ0v) is 9.45. The Labute approximate surface area is 92.1 Å². The number of ether oxygens (including phenoxy) is 3. The average molecular weight is 228 g/mol.